The van der Waals surface area contributed by atoms with Gasteiger partial charge in [-0.05, 0) is 82.0 Å². The Morgan fingerprint density at radius 2 is 1.29 bits per heavy atom. The van der Waals surface area contributed by atoms with Gasteiger partial charge in [0.1, 0.15) is 11.5 Å². The van der Waals surface area contributed by atoms with Gasteiger partial charge in [0.15, 0.2) is 0 Å². The molecule has 3 N–H and O–H groups in total. The number of phenols is 2. The van der Waals surface area contributed by atoms with E-state index < -0.39 is 0 Å². The van der Waals surface area contributed by atoms with Gasteiger partial charge in [0.2, 0.25) is 0 Å². The van der Waals surface area contributed by atoms with Crippen molar-refractivity contribution in [3.63, 3.8) is 0 Å². The van der Waals surface area contributed by atoms with Gasteiger partial charge in [-0.15, -0.1) is 0 Å². The monoisotopic (exact) mass is 644 g/mol. The molecule has 0 bridgehead atoms. The van der Waals surface area contributed by atoms with Crippen molar-refractivity contribution in [1.29, 1.82) is 0 Å². The molecule has 2 aliphatic carbocycles. The molecular formula is C45H44N2O2. The lowest BCUT2D eigenvalue weighted by Crippen LogP contribution is -2.35. The summed E-state index contributed by atoms with van der Waals surface area (Å²) < 4.78 is 0. The molecule has 0 aliphatic heterocycles. The van der Waals surface area contributed by atoms with Crippen molar-refractivity contribution in [3.05, 3.63) is 126 Å². The number of benzene rings is 6. The predicted octanol–water partition coefficient (Wildman–Crippen LogP) is 11.6. The fourth-order valence-corrected chi connectivity index (χ4v) is 8.36. The van der Waals surface area contributed by atoms with Crippen molar-refractivity contribution in [1.82, 2.24) is 0 Å². The molecule has 0 aromatic heterocycles. The third kappa shape index (κ3) is 6.17. The molecule has 0 amide bonds. The topological polar surface area (TPSA) is 64.9 Å². The van der Waals surface area contributed by atoms with Crippen LogP contribution in [0.25, 0.3) is 43.8 Å². The van der Waals surface area contributed by atoms with Crippen molar-refractivity contribution >= 4 is 33.4 Å². The Hall–Kier alpha value is -5.09. The second-order valence-electron chi connectivity index (χ2n) is 13.9. The molecule has 6 aromatic rings. The normalized spacial score (nSPS) is 18.7. The summed E-state index contributed by atoms with van der Waals surface area (Å²) in [5, 5.41) is 31.8. The van der Waals surface area contributed by atoms with Crippen LogP contribution in [0.15, 0.2) is 120 Å². The summed E-state index contributed by atoms with van der Waals surface area (Å²) in [5.41, 5.74) is 6.68. The maximum Gasteiger partial charge on any atom is 0.147 e. The van der Waals surface area contributed by atoms with Crippen LogP contribution in [0.2, 0.25) is 0 Å². The highest BCUT2D eigenvalue weighted by molar-refractivity contribution is 6.14. The molecule has 0 spiro atoms. The van der Waals surface area contributed by atoms with Crippen LogP contribution < -0.4 is 5.32 Å². The predicted molar refractivity (Wildman–Crippen MR) is 205 cm³/mol. The number of anilines is 1. The summed E-state index contributed by atoms with van der Waals surface area (Å²) in [6.45, 7) is 0. The molecule has 0 heterocycles. The molecule has 8 rings (SSSR count). The Morgan fingerprint density at radius 1 is 0.592 bits per heavy atom. The largest absolute Gasteiger partial charge is 0.507 e. The molecule has 2 saturated carbocycles. The number of aliphatic imine (C=N–C) groups is 1. The molecule has 2 atom stereocenters. The van der Waals surface area contributed by atoms with Crippen molar-refractivity contribution in [2.24, 2.45) is 4.99 Å². The Morgan fingerprint density at radius 3 is 2.10 bits per heavy atom. The van der Waals surface area contributed by atoms with Gasteiger partial charge in [-0.3, -0.25) is 4.99 Å². The van der Waals surface area contributed by atoms with Crippen LogP contribution in [0.5, 0.6) is 11.5 Å². The summed E-state index contributed by atoms with van der Waals surface area (Å²) in [6.07, 6.45) is 12.1. The van der Waals surface area contributed by atoms with Gasteiger partial charge in [0, 0.05) is 28.9 Å². The van der Waals surface area contributed by atoms with E-state index in [1.165, 1.54) is 19.3 Å². The quantitative estimate of drug-likeness (QED) is 0.120. The summed E-state index contributed by atoms with van der Waals surface area (Å²) in [4.78, 5) is 5.12. The molecule has 0 unspecified atom stereocenters. The van der Waals surface area contributed by atoms with E-state index in [1.54, 1.807) is 0 Å². The maximum absolute atomic E-state index is 12.4. The molecule has 2 aliphatic rings. The van der Waals surface area contributed by atoms with Crippen LogP contribution in [-0.4, -0.2) is 28.5 Å². The number of para-hydroxylation sites is 1. The molecule has 4 heteroatoms. The number of rotatable bonds is 7. The highest BCUT2D eigenvalue weighted by atomic mass is 16.3. The summed E-state index contributed by atoms with van der Waals surface area (Å²) in [6, 6.07) is 39.9. The van der Waals surface area contributed by atoms with Gasteiger partial charge in [0.25, 0.3) is 0 Å². The van der Waals surface area contributed by atoms with E-state index in [1.807, 2.05) is 18.3 Å². The minimum atomic E-state index is 0.0262. The molecule has 6 aromatic carbocycles. The van der Waals surface area contributed by atoms with Crippen LogP contribution in [0, 0.1) is 0 Å². The maximum atomic E-state index is 12.4. The fraction of sp³-hybridized carbons (Fsp3) is 0.267. The van der Waals surface area contributed by atoms with Crippen LogP contribution >= 0.6 is 0 Å². The van der Waals surface area contributed by atoms with Gasteiger partial charge in [0.05, 0.1) is 11.7 Å². The van der Waals surface area contributed by atoms with E-state index in [-0.39, 0.29) is 17.8 Å². The van der Waals surface area contributed by atoms with E-state index in [0.717, 1.165) is 99.1 Å². The smallest absolute Gasteiger partial charge is 0.147 e. The lowest BCUT2D eigenvalue weighted by atomic mass is 9.83. The molecule has 0 radical (unpaired) electrons. The van der Waals surface area contributed by atoms with E-state index in [9.17, 15) is 10.2 Å². The lowest BCUT2D eigenvalue weighted by molar-refractivity contribution is 0.404. The highest BCUT2D eigenvalue weighted by Gasteiger charge is 2.27. The number of aromatic hydroxyl groups is 2. The van der Waals surface area contributed by atoms with Crippen LogP contribution in [-0.2, 0) is 0 Å². The van der Waals surface area contributed by atoms with E-state index in [0.29, 0.717) is 11.7 Å². The van der Waals surface area contributed by atoms with Gasteiger partial charge < -0.3 is 15.5 Å². The number of nitrogens with zero attached hydrogens (tertiary/aromatic N) is 1. The Bertz CT molecular complexity index is 2130. The first-order chi connectivity index (χ1) is 24.2. The number of nitrogens with one attached hydrogen (secondary N) is 1. The SMILES string of the molecule is Oc1c(C=N[C@@H]2CCCC[C@@H]2Nc2cc3ccccc3c(-c3c(-c4ccccc4)ccc4ccccc34)c2O)cccc1C1CCCCC1. The first-order valence-electron chi connectivity index (χ1n) is 18.1. The fourth-order valence-electron chi connectivity index (χ4n) is 8.36. The Kier molecular flexibility index (Phi) is 8.78. The highest BCUT2D eigenvalue weighted by Crippen LogP contribution is 2.48. The number of hydrogen-bond donors (Lipinski definition) is 3. The molecular weight excluding hydrogens is 601 g/mol. The second kappa shape index (κ2) is 13.8. The molecule has 2 fully saturated rings. The first-order valence-corrected chi connectivity index (χ1v) is 18.1. The van der Waals surface area contributed by atoms with Gasteiger partial charge >= 0.3 is 0 Å². The van der Waals surface area contributed by atoms with E-state index >= 15 is 0 Å². The molecule has 0 saturated heterocycles. The Labute approximate surface area is 289 Å². The standard InChI is InChI=1S/C45H44N2O2/c48-44-34(20-13-23-38(44)31-16-5-2-6-17-31)29-46-39-24-11-12-25-40(39)47-41-28-33-19-8-10-22-36(33)43(45(41)49)42-35-21-9-7-18-32(35)26-27-37(42)30-14-3-1-4-15-30/h1,3-4,7-10,13-15,18-23,26-29,31,39-40,47-49H,2,5-6,11-12,16-17,24-25H2/t39-,40+/m1/s1. The number of phenolic OH excluding ortho intramolecular Hbond substituents is 2. The third-order valence-electron chi connectivity index (χ3n) is 10.9. The van der Waals surface area contributed by atoms with Crippen molar-refractivity contribution in [2.45, 2.75) is 75.8 Å². The van der Waals surface area contributed by atoms with Crippen molar-refractivity contribution in [3.8, 4) is 33.8 Å². The first kappa shape index (κ1) is 31.2. The summed E-state index contributed by atoms with van der Waals surface area (Å²) in [5.74, 6) is 1.08. The van der Waals surface area contributed by atoms with Crippen LogP contribution in [0.4, 0.5) is 5.69 Å². The zero-order chi connectivity index (χ0) is 33.2. The van der Waals surface area contributed by atoms with Crippen molar-refractivity contribution < 1.29 is 10.2 Å². The average Bonchev–Trinajstić information content (AvgIpc) is 3.16. The van der Waals surface area contributed by atoms with Crippen LogP contribution in [0.3, 0.4) is 0 Å². The zero-order valence-electron chi connectivity index (χ0n) is 28.0. The minimum absolute atomic E-state index is 0.0262. The van der Waals surface area contributed by atoms with Gasteiger partial charge in [-0.25, -0.2) is 0 Å². The minimum Gasteiger partial charge on any atom is -0.507 e. The number of hydrogen-bond acceptors (Lipinski definition) is 4. The third-order valence-corrected chi connectivity index (χ3v) is 10.9. The van der Waals surface area contributed by atoms with Crippen molar-refractivity contribution in [2.75, 3.05) is 5.32 Å². The summed E-state index contributed by atoms with van der Waals surface area (Å²) >= 11 is 0. The molecule has 246 valence electrons. The second-order valence-corrected chi connectivity index (χ2v) is 13.9. The van der Waals surface area contributed by atoms with Crippen LogP contribution in [0.1, 0.15) is 74.8 Å². The Balaban J connectivity index is 1.19. The molecule has 4 nitrogen and oxygen atoms in total. The van der Waals surface area contributed by atoms with E-state index in [2.05, 4.69) is 108 Å². The number of fused-ring (bicyclic) bond motifs is 2. The van der Waals surface area contributed by atoms with E-state index in [4.69, 9.17) is 4.99 Å². The van der Waals surface area contributed by atoms with Gasteiger partial charge in [-0.2, -0.15) is 0 Å². The summed E-state index contributed by atoms with van der Waals surface area (Å²) in [7, 11) is 0. The average molecular weight is 645 g/mol. The zero-order valence-corrected chi connectivity index (χ0v) is 28.0. The molecule has 49 heavy (non-hydrogen) atoms. The van der Waals surface area contributed by atoms with Gasteiger partial charge in [-0.1, -0.05) is 135 Å². The lowest BCUT2D eigenvalue weighted by Gasteiger charge is -2.31.